The zero-order valence-corrected chi connectivity index (χ0v) is 48.5. The van der Waals surface area contributed by atoms with Gasteiger partial charge in [0.05, 0.1) is 33.8 Å². The number of phosphoric ester groups is 1. The first-order valence-electron chi connectivity index (χ1n) is 29.2. The highest BCUT2D eigenvalue weighted by atomic mass is 31.2. The van der Waals surface area contributed by atoms with E-state index in [1.54, 1.807) is 0 Å². The SMILES string of the molecule is CC/C=C\C/C=C\C/C=C\C/C=C\C/C=C\CCCC(=O)OC(/C=C/CCCCCCCCCCCCC)C(COP(=O)(O)OCC[N+](C)(C)C)NC(=O)CCCCCC/C=C\C/C=C\C/C=C\CCCCC. The molecule has 0 aliphatic heterocycles. The number of hydrogen-bond acceptors (Lipinski definition) is 6. The molecule has 0 aliphatic rings. The van der Waals surface area contributed by atoms with E-state index in [4.69, 9.17) is 13.8 Å². The highest BCUT2D eigenvalue weighted by Crippen LogP contribution is 2.43. The van der Waals surface area contributed by atoms with Crippen LogP contribution in [-0.4, -0.2) is 74.3 Å². The topological polar surface area (TPSA) is 111 Å². The van der Waals surface area contributed by atoms with Crippen molar-refractivity contribution in [3.63, 3.8) is 0 Å². The molecule has 3 unspecified atom stereocenters. The Kier molecular flexibility index (Phi) is 49.7. The van der Waals surface area contributed by atoms with Crippen molar-refractivity contribution < 1.29 is 37.3 Å². The number of allylic oxidation sites excluding steroid dienone is 17. The number of nitrogens with one attached hydrogen (secondary N) is 1. The number of phosphoric acid groups is 1. The summed E-state index contributed by atoms with van der Waals surface area (Å²) >= 11 is 0. The molecule has 2 N–H and O–H groups in total. The van der Waals surface area contributed by atoms with Gasteiger partial charge in [-0.2, -0.15) is 0 Å². The lowest BCUT2D eigenvalue weighted by atomic mass is 10.0. The van der Waals surface area contributed by atoms with Gasteiger partial charge in [0.1, 0.15) is 19.3 Å². The summed E-state index contributed by atoms with van der Waals surface area (Å²) in [6.45, 7) is 6.80. The number of carbonyl (C=O) groups excluding carboxylic acids is 2. The van der Waals surface area contributed by atoms with Crippen molar-refractivity contribution in [3.05, 3.63) is 109 Å². The molecule has 0 rings (SSSR count). The van der Waals surface area contributed by atoms with Crippen molar-refractivity contribution in [2.45, 2.75) is 238 Å². The normalized spacial score (nSPS) is 14.6. The van der Waals surface area contributed by atoms with E-state index in [0.29, 0.717) is 23.9 Å². The fraction of sp³-hybridized carbons (Fsp3) is 0.683. The first kappa shape index (κ1) is 69.7. The van der Waals surface area contributed by atoms with Crippen molar-refractivity contribution in [2.75, 3.05) is 40.9 Å². The maximum Gasteiger partial charge on any atom is 0.472 e. The summed E-state index contributed by atoms with van der Waals surface area (Å²) < 4.78 is 30.6. The number of rotatable bonds is 51. The third kappa shape index (κ3) is 53.3. The van der Waals surface area contributed by atoms with E-state index in [0.717, 1.165) is 96.3 Å². The monoisotopic (exact) mass is 1040 g/mol. The Balaban J connectivity index is 5.51. The Labute approximate surface area is 449 Å². The van der Waals surface area contributed by atoms with Gasteiger partial charge in [-0.05, 0) is 109 Å². The van der Waals surface area contributed by atoms with Crippen LogP contribution in [-0.2, 0) is 27.9 Å². The van der Waals surface area contributed by atoms with Gasteiger partial charge in [-0.1, -0.05) is 214 Å². The molecular formula is C63H110N2O7P+. The van der Waals surface area contributed by atoms with Gasteiger partial charge in [0, 0.05) is 12.8 Å². The second kappa shape index (κ2) is 52.1. The Morgan fingerprint density at radius 1 is 0.493 bits per heavy atom. The Hall–Kier alpha value is -3.33. The lowest BCUT2D eigenvalue weighted by molar-refractivity contribution is -0.870. The molecular weight excluding hydrogens is 928 g/mol. The van der Waals surface area contributed by atoms with Crippen LogP contribution in [0.4, 0.5) is 0 Å². The van der Waals surface area contributed by atoms with Crippen LogP contribution in [0.15, 0.2) is 109 Å². The molecule has 0 aromatic rings. The van der Waals surface area contributed by atoms with Gasteiger partial charge in [-0.3, -0.25) is 18.6 Å². The lowest BCUT2D eigenvalue weighted by Crippen LogP contribution is -2.47. The van der Waals surface area contributed by atoms with Crippen LogP contribution in [0, 0.1) is 0 Å². The summed E-state index contributed by atoms with van der Waals surface area (Å²) in [5.41, 5.74) is 0. The van der Waals surface area contributed by atoms with Crippen molar-refractivity contribution in [3.8, 4) is 0 Å². The molecule has 0 saturated carbocycles. The molecule has 73 heavy (non-hydrogen) atoms. The number of hydrogen-bond donors (Lipinski definition) is 2. The van der Waals surface area contributed by atoms with E-state index in [9.17, 15) is 19.0 Å². The maximum atomic E-state index is 13.5. The molecule has 9 nitrogen and oxygen atoms in total. The summed E-state index contributed by atoms with van der Waals surface area (Å²) in [6.07, 6.45) is 70.9. The van der Waals surface area contributed by atoms with Crippen LogP contribution in [0.1, 0.15) is 226 Å². The number of quaternary nitrogens is 1. The molecule has 3 atom stereocenters. The van der Waals surface area contributed by atoms with Crippen molar-refractivity contribution >= 4 is 19.7 Å². The summed E-state index contributed by atoms with van der Waals surface area (Å²) in [6, 6.07) is -0.889. The number of ether oxygens (including phenoxy) is 1. The minimum atomic E-state index is -4.47. The molecule has 0 bridgehead atoms. The van der Waals surface area contributed by atoms with Crippen LogP contribution >= 0.6 is 7.82 Å². The Morgan fingerprint density at radius 3 is 1.37 bits per heavy atom. The van der Waals surface area contributed by atoms with Gasteiger partial charge in [0.25, 0.3) is 0 Å². The number of esters is 1. The van der Waals surface area contributed by atoms with Crippen molar-refractivity contribution in [1.29, 1.82) is 0 Å². The van der Waals surface area contributed by atoms with E-state index < -0.39 is 25.9 Å². The van der Waals surface area contributed by atoms with Crippen LogP contribution in [0.25, 0.3) is 0 Å². The van der Waals surface area contributed by atoms with Gasteiger partial charge in [-0.15, -0.1) is 0 Å². The first-order valence-corrected chi connectivity index (χ1v) is 30.7. The lowest BCUT2D eigenvalue weighted by Gasteiger charge is -2.27. The van der Waals surface area contributed by atoms with E-state index >= 15 is 0 Å². The second-order valence-corrected chi connectivity index (χ2v) is 21.9. The highest BCUT2D eigenvalue weighted by molar-refractivity contribution is 7.47. The number of amides is 1. The number of carbonyl (C=O) groups is 2. The summed E-state index contributed by atoms with van der Waals surface area (Å²) in [4.78, 5) is 37.6. The summed E-state index contributed by atoms with van der Waals surface area (Å²) in [5, 5.41) is 3.02. The summed E-state index contributed by atoms with van der Waals surface area (Å²) in [5.74, 6) is -0.606. The minimum Gasteiger partial charge on any atom is -0.456 e. The van der Waals surface area contributed by atoms with Crippen LogP contribution in [0.5, 0.6) is 0 Å². The maximum absolute atomic E-state index is 13.5. The van der Waals surface area contributed by atoms with Crippen molar-refractivity contribution in [2.24, 2.45) is 0 Å². The van der Waals surface area contributed by atoms with E-state index in [1.165, 1.54) is 83.5 Å². The third-order valence-corrected chi connectivity index (χ3v) is 13.2. The van der Waals surface area contributed by atoms with Gasteiger partial charge in [0.15, 0.2) is 0 Å². The molecule has 0 aromatic heterocycles. The Bertz CT molecular complexity index is 1620. The average molecular weight is 1040 g/mol. The standard InChI is InChI=1S/C63H109N2O7P/c1-7-10-13-16-19-22-25-28-30-32-34-37-40-43-46-49-52-55-62(66)64-60(59-71-73(68,69)70-58-57-65(4,5)6)61(54-51-48-45-42-39-36-27-24-21-18-15-12-9-3)72-63(67)56-53-50-47-44-41-38-35-33-31-29-26-23-20-17-14-11-8-2/h11,14,19-20,22-23,28-31,34-35,37-38,44,47,51,54,60-61H,7-10,12-13,15-18,21,24-27,32-33,36,39-43,45-46,48-50,52-53,55-59H2,1-6H3,(H-,64,66,68,69)/p+1/b14-11-,22-19-,23-20-,30-28-,31-29-,37-34-,38-35-,47-44-,54-51+. The Morgan fingerprint density at radius 2 is 0.890 bits per heavy atom. The predicted octanol–water partition coefficient (Wildman–Crippen LogP) is 17.8. The predicted molar refractivity (Wildman–Crippen MR) is 313 cm³/mol. The van der Waals surface area contributed by atoms with Gasteiger partial charge in [0.2, 0.25) is 5.91 Å². The van der Waals surface area contributed by atoms with Crippen LogP contribution in [0.2, 0.25) is 0 Å². The first-order chi connectivity index (χ1) is 35.4. The number of unbranched alkanes of at least 4 members (excludes halogenated alkanes) is 19. The second-order valence-electron chi connectivity index (χ2n) is 20.4. The van der Waals surface area contributed by atoms with Crippen molar-refractivity contribution in [1.82, 2.24) is 5.32 Å². The molecule has 1 amide bonds. The van der Waals surface area contributed by atoms with Gasteiger partial charge < -0.3 is 19.4 Å². The van der Waals surface area contributed by atoms with Crippen LogP contribution < -0.4 is 5.32 Å². The van der Waals surface area contributed by atoms with E-state index in [2.05, 4.69) is 123 Å². The van der Waals surface area contributed by atoms with Gasteiger partial charge >= 0.3 is 13.8 Å². The van der Waals surface area contributed by atoms with E-state index in [-0.39, 0.29) is 32.0 Å². The quantitative estimate of drug-likeness (QED) is 0.0205. The molecule has 10 heteroatoms. The average Bonchev–Trinajstić information content (AvgIpc) is 3.35. The molecule has 0 aliphatic carbocycles. The largest absolute Gasteiger partial charge is 0.472 e. The van der Waals surface area contributed by atoms with Crippen LogP contribution in [0.3, 0.4) is 0 Å². The molecule has 0 saturated heterocycles. The fourth-order valence-electron chi connectivity index (χ4n) is 7.69. The highest BCUT2D eigenvalue weighted by Gasteiger charge is 2.30. The number of likely N-dealkylation sites (N-methyl/N-ethyl adjacent to an activating group) is 1. The fourth-order valence-corrected chi connectivity index (χ4v) is 8.42. The molecule has 0 aromatic carbocycles. The summed E-state index contributed by atoms with van der Waals surface area (Å²) in [7, 11) is 1.43. The molecule has 0 spiro atoms. The van der Waals surface area contributed by atoms with E-state index in [1.807, 2.05) is 33.3 Å². The molecule has 0 radical (unpaired) electrons. The molecule has 0 fully saturated rings. The minimum absolute atomic E-state index is 0.0213. The number of nitrogens with zero attached hydrogens (tertiary/aromatic N) is 1. The van der Waals surface area contributed by atoms with Gasteiger partial charge in [-0.25, -0.2) is 4.57 Å². The third-order valence-electron chi connectivity index (χ3n) is 12.2. The zero-order chi connectivity index (χ0) is 53.6. The zero-order valence-electron chi connectivity index (χ0n) is 47.6. The molecule has 418 valence electrons. The molecule has 0 heterocycles. The smallest absolute Gasteiger partial charge is 0.456 e.